The summed E-state index contributed by atoms with van der Waals surface area (Å²) in [5.74, 6) is 1.14. The fourth-order valence-corrected chi connectivity index (χ4v) is 2.53. The Balaban J connectivity index is 2.12. The van der Waals surface area contributed by atoms with Crippen LogP contribution in [0.4, 0.5) is 0 Å². The SMILES string of the molecule is COCC(C)NC(=O)c1ccc(OC)c(COc2cccc(Cl)c2)c1. The number of methoxy groups -OCH3 is 2. The highest BCUT2D eigenvalue weighted by molar-refractivity contribution is 6.30. The van der Waals surface area contributed by atoms with Gasteiger partial charge in [0.2, 0.25) is 0 Å². The molecule has 25 heavy (non-hydrogen) atoms. The van der Waals surface area contributed by atoms with Gasteiger partial charge in [-0.15, -0.1) is 0 Å². The number of rotatable bonds is 8. The molecule has 0 aliphatic carbocycles. The van der Waals surface area contributed by atoms with E-state index in [4.69, 9.17) is 25.8 Å². The fourth-order valence-electron chi connectivity index (χ4n) is 2.35. The van der Waals surface area contributed by atoms with Gasteiger partial charge in [0.05, 0.1) is 13.7 Å². The largest absolute Gasteiger partial charge is 0.496 e. The molecule has 1 N–H and O–H groups in total. The molecule has 134 valence electrons. The Morgan fingerprint density at radius 3 is 2.68 bits per heavy atom. The van der Waals surface area contributed by atoms with Gasteiger partial charge in [-0.05, 0) is 43.3 Å². The van der Waals surface area contributed by atoms with Crippen LogP contribution in [0.15, 0.2) is 42.5 Å². The van der Waals surface area contributed by atoms with E-state index in [2.05, 4.69) is 5.32 Å². The first kappa shape index (κ1) is 19.1. The smallest absolute Gasteiger partial charge is 0.251 e. The van der Waals surface area contributed by atoms with E-state index in [0.717, 1.165) is 5.56 Å². The second-order valence-corrected chi connectivity index (χ2v) is 6.04. The van der Waals surface area contributed by atoms with Crippen molar-refractivity contribution in [2.45, 2.75) is 19.6 Å². The van der Waals surface area contributed by atoms with E-state index < -0.39 is 0 Å². The van der Waals surface area contributed by atoms with Crippen LogP contribution in [-0.2, 0) is 11.3 Å². The van der Waals surface area contributed by atoms with Crippen LogP contribution in [0.5, 0.6) is 11.5 Å². The van der Waals surface area contributed by atoms with Gasteiger partial charge in [-0.3, -0.25) is 4.79 Å². The van der Waals surface area contributed by atoms with Gasteiger partial charge in [0.15, 0.2) is 0 Å². The van der Waals surface area contributed by atoms with E-state index in [1.807, 2.05) is 19.1 Å². The van der Waals surface area contributed by atoms with Crippen molar-refractivity contribution in [3.05, 3.63) is 58.6 Å². The molecule has 0 aliphatic heterocycles. The van der Waals surface area contributed by atoms with Crippen LogP contribution in [0.2, 0.25) is 5.02 Å². The van der Waals surface area contributed by atoms with Crippen molar-refractivity contribution < 1.29 is 19.0 Å². The van der Waals surface area contributed by atoms with Crippen molar-refractivity contribution in [2.75, 3.05) is 20.8 Å². The van der Waals surface area contributed by atoms with Crippen LogP contribution in [0.3, 0.4) is 0 Å². The van der Waals surface area contributed by atoms with E-state index in [1.54, 1.807) is 44.6 Å². The number of benzene rings is 2. The Bertz CT molecular complexity index is 720. The second-order valence-electron chi connectivity index (χ2n) is 5.60. The number of carbonyl (C=O) groups excluding carboxylic acids is 1. The van der Waals surface area contributed by atoms with Crippen molar-refractivity contribution in [1.29, 1.82) is 0 Å². The van der Waals surface area contributed by atoms with E-state index in [1.165, 1.54) is 0 Å². The highest BCUT2D eigenvalue weighted by atomic mass is 35.5. The van der Waals surface area contributed by atoms with Gasteiger partial charge in [-0.25, -0.2) is 0 Å². The molecular weight excluding hydrogens is 342 g/mol. The molecule has 0 aliphatic rings. The summed E-state index contributed by atoms with van der Waals surface area (Å²) in [5, 5.41) is 3.48. The Kier molecular flexibility index (Phi) is 7.10. The minimum atomic E-state index is -0.170. The Hall–Kier alpha value is -2.24. The molecule has 0 radical (unpaired) electrons. The van der Waals surface area contributed by atoms with Crippen molar-refractivity contribution >= 4 is 17.5 Å². The monoisotopic (exact) mass is 363 g/mol. The quantitative estimate of drug-likeness (QED) is 0.777. The number of hydrogen-bond donors (Lipinski definition) is 1. The molecule has 6 heteroatoms. The number of hydrogen-bond acceptors (Lipinski definition) is 4. The lowest BCUT2D eigenvalue weighted by molar-refractivity contribution is 0.0905. The van der Waals surface area contributed by atoms with Gasteiger partial charge in [0.1, 0.15) is 18.1 Å². The van der Waals surface area contributed by atoms with Crippen molar-refractivity contribution in [2.24, 2.45) is 0 Å². The fraction of sp³-hybridized carbons (Fsp3) is 0.316. The highest BCUT2D eigenvalue weighted by Crippen LogP contribution is 2.23. The molecule has 1 unspecified atom stereocenters. The summed E-state index contributed by atoms with van der Waals surface area (Å²) < 4.78 is 16.1. The average molecular weight is 364 g/mol. The van der Waals surface area contributed by atoms with Crippen molar-refractivity contribution in [3.8, 4) is 11.5 Å². The van der Waals surface area contributed by atoms with Crippen LogP contribution in [0, 0.1) is 0 Å². The Labute approximate surface area is 152 Å². The van der Waals surface area contributed by atoms with E-state index in [-0.39, 0.29) is 18.6 Å². The number of halogens is 1. The standard InChI is InChI=1S/C19H22ClNO4/c1-13(11-23-2)21-19(22)14-7-8-18(24-3)15(9-14)12-25-17-6-4-5-16(20)10-17/h4-10,13H,11-12H2,1-3H3,(H,21,22). The van der Waals surface area contributed by atoms with Gasteiger partial charge >= 0.3 is 0 Å². The van der Waals surface area contributed by atoms with E-state index >= 15 is 0 Å². The summed E-state index contributed by atoms with van der Waals surface area (Å²) in [6.45, 7) is 2.60. The molecule has 0 spiro atoms. The molecule has 2 aromatic rings. The minimum Gasteiger partial charge on any atom is -0.496 e. The first-order valence-corrected chi connectivity index (χ1v) is 8.26. The third-order valence-corrected chi connectivity index (χ3v) is 3.76. The first-order valence-electron chi connectivity index (χ1n) is 7.88. The van der Waals surface area contributed by atoms with E-state index in [0.29, 0.717) is 28.7 Å². The lowest BCUT2D eigenvalue weighted by atomic mass is 10.1. The molecule has 0 saturated carbocycles. The molecule has 5 nitrogen and oxygen atoms in total. The number of ether oxygens (including phenoxy) is 3. The van der Waals surface area contributed by atoms with Crippen LogP contribution < -0.4 is 14.8 Å². The predicted octanol–water partition coefficient (Wildman–Crippen LogP) is 3.69. The molecule has 0 fully saturated rings. The van der Waals surface area contributed by atoms with Gasteiger partial charge in [0.25, 0.3) is 5.91 Å². The molecule has 1 amide bonds. The van der Waals surface area contributed by atoms with Gasteiger partial charge < -0.3 is 19.5 Å². The number of nitrogens with one attached hydrogen (secondary N) is 1. The highest BCUT2D eigenvalue weighted by Gasteiger charge is 2.13. The third-order valence-electron chi connectivity index (χ3n) is 3.53. The molecule has 2 aromatic carbocycles. The summed E-state index contributed by atoms with van der Waals surface area (Å²) >= 11 is 5.96. The molecule has 0 saturated heterocycles. The summed E-state index contributed by atoms with van der Waals surface area (Å²) in [6.07, 6.45) is 0. The van der Waals surface area contributed by atoms with Gasteiger partial charge in [0, 0.05) is 29.3 Å². The van der Waals surface area contributed by atoms with Gasteiger partial charge in [-0.1, -0.05) is 17.7 Å². The summed E-state index contributed by atoms with van der Waals surface area (Å²) in [6, 6.07) is 12.3. The zero-order valence-electron chi connectivity index (χ0n) is 14.5. The molecule has 0 bridgehead atoms. The van der Waals surface area contributed by atoms with Crippen LogP contribution in [0.1, 0.15) is 22.8 Å². The maximum absolute atomic E-state index is 12.3. The number of amides is 1. The van der Waals surface area contributed by atoms with Crippen LogP contribution >= 0.6 is 11.6 Å². The summed E-state index contributed by atoms with van der Waals surface area (Å²) in [5.41, 5.74) is 1.31. The number of carbonyl (C=O) groups is 1. The van der Waals surface area contributed by atoms with Crippen molar-refractivity contribution in [3.63, 3.8) is 0 Å². The average Bonchev–Trinajstić information content (AvgIpc) is 2.60. The minimum absolute atomic E-state index is 0.0780. The molecule has 2 rings (SSSR count). The zero-order valence-corrected chi connectivity index (χ0v) is 15.3. The topological polar surface area (TPSA) is 56.8 Å². The Morgan fingerprint density at radius 2 is 2.00 bits per heavy atom. The van der Waals surface area contributed by atoms with Crippen LogP contribution in [0.25, 0.3) is 0 Å². The first-order chi connectivity index (χ1) is 12.0. The molecule has 0 heterocycles. The summed E-state index contributed by atoms with van der Waals surface area (Å²) in [7, 11) is 3.18. The van der Waals surface area contributed by atoms with Crippen molar-refractivity contribution in [1.82, 2.24) is 5.32 Å². The molecular formula is C19H22ClNO4. The molecule has 0 aromatic heterocycles. The lowest BCUT2D eigenvalue weighted by Gasteiger charge is -2.15. The zero-order chi connectivity index (χ0) is 18.2. The molecule has 1 atom stereocenters. The Morgan fingerprint density at radius 1 is 1.20 bits per heavy atom. The van der Waals surface area contributed by atoms with Gasteiger partial charge in [-0.2, -0.15) is 0 Å². The maximum atomic E-state index is 12.3. The maximum Gasteiger partial charge on any atom is 0.251 e. The summed E-state index contributed by atoms with van der Waals surface area (Å²) in [4.78, 5) is 12.3. The predicted molar refractivity (Wildman–Crippen MR) is 97.6 cm³/mol. The second kappa shape index (κ2) is 9.30. The normalized spacial score (nSPS) is 11.7. The van der Waals surface area contributed by atoms with E-state index in [9.17, 15) is 4.79 Å². The van der Waals surface area contributed by atoms with Crippen LogP contribution in [-0.4, -0.2) is 32.8 Å². The lowest BCUT2D eigenvalue weighted by Crippen LogP contribution is -2.35. The third kappa shape index (κ3) is 5.66.